The van der Waals surface area contributed by atoms with E-state index in [1.54, 1.807) is 24.4 Å². The van der Waals surface area contributed by atoms with Gasteiger partial charge in [-0.15, -0.1) is 0 Å². The van der Waals surface area contributed by atoms with Crippen molar-refractivity contribution in [3.05, 3.63) is 76.1 Å². The van der Waals surface area contributed by atoms with Gasteiger partial charge in [0.2, 0.25) is 0 Å². The van der Waals surface area contributed by atoms with E-state index in [0.29, 0.717) is 22.0 Å². The summed E-state index contributed by atoms with van der Waals surface area (Å²) in [5, 5.41) is 2.92. The Morgan fingerprint density at radius 1 is 1.26 bits per heavy atom. The topological polar surface area (TPSA) is 64.0 Å². The minimum Gasteiger partial charge on any atom is -0.355 e. The summed E-state index contributed by atoms with van der Waals surface area (Å²) in [6.45, 7) is 0.206. The van der Waals surface area contributed by atoms with Gasteiger partial charge in [0.25, 0.3) is 11.5 Å². The average molecular weight is 311 g/mol. The standard InChI is InChI=1S/C17H14FN3O2/c1-19-17(23)12-5-7-15(22)21(10-12)9-11-4-6-14(18)13-3-2-8-20-16(11)13/h2-8,10H,9H2,1H3,(H,19,23). The first-order valence-electron chi connectivity index (χ1n) is 7.05. The number of rotatable bonds is 3. The van der Waals surface area contributed by atoms with Crippen molar-refractivity contribution in [3.8, 4) is 0 Å². The van der Waals surface area contributed by atoms with Crippen LogP contribution in [0.4, 0.5) is 4.39 Å². The number of pyridine rings is 2. The Hall–Kier alpha value is -3.02. The quantitative estimate of drug-likeness (QED) is 0.804. The number of hydrogen-bond donors (Lipinski definition) is 1. The minimum atomic E-state index is -0.358. The van der Waals surface area contributed by atoms with Gasteiger partial charge >= 0.3 is 0 Å². The molecule has 0 fully saturated rings. The van der Waals surface area contributed by atoms with E-state index in [1.165, 1.54) is 36.0 Å². The molecule has 0 aliphatic heterocycles. The smallest absolute Gasteiger partial charge is 0.252 e. The first-order chi connectivity index (χ1) is 11.1. The largest absolute Gasteiger partial charge is 0.355 e. The van der Waals surface area contributed by atoms with Gasteiger partial charge < -0.3 is 9.88 Å². The van der Waals surface area contributed by atoms with Crippen molar-refractivity contribution in [2.24, 2.45) is 0 Å². The van der Waals surface area contributed by atoms with Gasteiger partial charge in [-0.05, 0) is 29.8 Å². The van der Waals surface area contributed by atoms with Gasteiger partial charge in [0.05, 0.1) is 17.6 Å². The monoisotopic (exact) mass is 311 g/mol. The molecule has 23 heavy (non-hydrogen) atoms. The molecule has 6 heteroatoms. The molecule has 5 nitrogen and oxygen atoms in total. The maximum Gasteiger partial charge on any atom is 0.252 e. The van der Waals surface area contributed by atoms with Crippen molar-refractivity contribution in [3.63, 3.8) is 0 Å². The van der Waals surface area contributed by atoms with Crippen molar-refractivity contribution in [2.75, 3.05) is 7.05 Å². The second-order valence-electron chi connectivity index (χ2n) is 5.07. The van der Waals surface area contributed by atoms with Crippen LogP contribution >= 0.6 is 0 Å². The van der Waals surface area contributed by atoms with E-state index in [9.17, 15) is 14.0 Å². The van der Waals surface area contributed by atoms with E-state index in [-0.39, 0.29) is 23.8 Å². The Kier molecular flexibility index (Phi) is 3.89. The van der Waals surface area contributed by atoms with Crippen LogP contribution in [0.5, 0.6) is 0 Å². The van der Waals surface area contributed by atoms with Gasteiger partial charge in [-0.2, -0.15) is 0 Å². The molecule has 116 valence electrons. The molecule has 0 saturated heterocycles. The van der Waals surface area contributed by atoms with Crippen LogP contribution in [-0.2, 0) is 6.54 Å². The third-order valence-electron chi connectivity index (χ3n) is 3.61. The maximum absolute atomic E-state index is 13.8. The van der Waals surface area contributed by atoms with Crippen LogP contribution in [0.15, 0.2) is 53.6 Å². The third-order valence-corrected chi connectivity index (χ3v) is 3.61. The normalized spacial score (nSPS) is 10.7. The van der Waals surface area contributed by atoms with Crippen LogP contribution < -0.4 is 10.9 Å². The van der Waals surface area contributed by atoms with Crippen molar-refractivity contribution < 1.29 is 9.18 Å². The first kappa shape index (κ1) is 14.9. The highest BCUT2D eigenvalue weighted by Gasteiger charge is 2.10. The second kappa shape index (κ2) is 6.00. The number of aromatic nitrogens is 2. The zero-order valence-electron chi connectivity index (χ0n) is 12.4. The second-order valence-corrected chi connectivity index (χ2v) is 5.07. The van der Waals surface area contributed by atoms with Crippen LogP contribution in [0.25, 0.3) is 10.9 Å². The van der Waals surface area contributed by atoms with Crippen LogP contribution in [0, 0.1) is 5.82 Å². The molecule has 2 heterocycles. The van der Waals surface area contributed by atoms with Crippen LogP contribution in [0.1, 0.15) is 15.9 Å². The van der Waals surface area contributed by atoms with Crippen LogP contribution in [0.2, 0.25) is 0 Å². The maximum atomic E-state index is 13.8. The lowest BCUT2D eigenvalue weighted by Gasteiger charge is -2.10. The molecule has 0 bridgehead atoms. The zero-order valence-corrected chi connectivity index (χ0v) is 12.4. The molecule has 0 spiro atoms. The molecule has 1 amide bonds. The number of benzene rings is 1. The fourth-order valence-corrected chi connectivity index (χ4v) is 2.44. The van der Waals surface area contributed by atoms with Gasteiger partial charge in [0.15, 0.2) is 0 Å². The predicted octanol–water partition coefficient (Wildman–Crippen LogP) is 1.94. The van der Waals surface area contributed by atoms with Crippen molar-refractivity contribution in [1.82, 2.24) is 14.9 Å². The Labute approximate surface area is 131 Å². The molecular weight excluding hydrogens is 297 g/mol. The van der Waals surface area contributed by atoms with Crippen molar-refractivity contribution in [1.29, 1.82) is 0 Å². The summed E-state index contributed by atoms with van der Waals surface area (Å²) in [4.78, 5) is 27.9. The fraction of sp³-hybridized carbons (Fsp3) is 0.118. The Balaban J connectivity index is 2.08. The van der Waals surface area contributed by atoms with E-state index in [2.05, 4.69) is 10.3 Å². The molecule has 0 aliphatic carbocycles. The summed E-state index contributed by atoms with van der Waals surface area (Å²) in [5.74, 6) is -0.635. The highest BCUT2D eigenvalue weighted by molar-refractivity contribution is 5.93. The highest BCUT2D eigenvalue weighted by Crippen LogP contribution is 2.20. The lowest BCUT2D eigenvalue weighted by atomic mass is 10.1. The molecule has 2 aromatic heterocycles. The first-order valence-corrected chi connectivity index (χ1v) is 7.05. The van der Waals surface area contributed by atoms with Gasteiger partial charge in [-0.3, -0.25) is 14.6 Å². The van der Waals surface area contributed by atoms with Gasteiger partial charge in [0, 0.05) is 30.9 Å². The summed E-state index contributed by atoms with van der Waals surface area (Å²) in [7, 11) is 1.52. The molecule has 0 unspecified atom stereocenters. The SMILES string of the molecule is CNC(=O)c1ccc(=O)n(Cc2ccc(F)c3cccnc23)c1. The zero-order chi connectivity index (χ0) is 16.4. The third kappa shape index (κ3) is 2.83. The summed E-state index contributed by atoms with van der Waals surface area (Å²) < 4.78 is 15.2. The summed E-state index contributed by atoms with van der Waals surface area (Å²) in [5.41, 5.74) is 1.35. The lowest BCUT2D eigenvalue weighted by molar-refractivity contribution is 0.0962. The highest BCUT2D eigenvalue weighted by atomic mass is 19.1. The summed E-state index contributed by atoms with van der Waals surface area (Å²) >= 11 is 0. The summed E-state index contributed by atoms with van der Waals surface area (Å²) in [6.07, 6.45) is 3.06. The van der Waals surface area contributed by atoms with Crippen LogP contribution in [-0.4, -0.2) is 22.5 Å². The molecular formula is C17H14FN3O2. The number of carbonyl (C=O) groups is 1. The molecule has 1 N–H and O–H groups in total. The minimum absolute atomic E-state index is 0.206. The number of nitrogens with zero attached hydrogens (tertiary/aromatic N) is 2. The molecule has 0 aliphatic rings. The van der Waals surface area contributed by atoms with E-state index >= 15 is 0 Å². The van der Waals surface area contributed by atoms with E-state index in [0.717, 1.165) is 0 Å². The molecule has 3 rings (SSSR count). The summed E-state index contributed by atoms with van der Waals surface area (Å²) in [6, 6.07) is 9.07. The number of hydrogen-bond acceptors (Lipinski definition) is 3. The number of amides is 1. The van der Waals surface area contributed by atoms with E-state index < -0.39 is 0 Å². The Bertz CT molecular complexity index is 950. The number of carbonyl (C=O) groups excluding carboxylic acids is 1. The van der Waals surface area contributed by atoms with Gasteiger partial charge in [0.1, 0.15) is 5.82 Å². The van der Waals surface area contributed by atoms with Crippen LogP contribution in [0.3, 0.4) is 0 Å². The molecule has 0 saturated carbocycles. The average Bonchev–Trinajstić information content (AvgIpc) is 2.58. The number of halogens is 1. The number of fused-ring (bicyclic) bond motifs is 1. The van der Waals surface area contributed by atoms with Crippen molar-refractivity contribution in [2.45, 2.75) is 6.54 Å². The lowest BCUT2D eigenvalue weighted by Crippen LogP contribution is -2.24. The van der Waals surface area contributed by atoms with Crippen molar-refractivity contribution >= 4 is 16.8 Å². The fourth-order valence-electron chi connectivity index (χ4n) is 2.44. The molecule has 1 aromatic carbocycles. The Morgan fingerprint density at radius 3 is 2.87 bits per heavy atom. The molecule has 3 aromatic rings. The molecule has 0 radical (unpaired) electrons. The van der Waals surface area contributed by atoms with Gasteiger partial charge in [-0.1, -0.05) is 6.07 Å². The van der Waals surface area contributed by atoms with Gasteiger partial charge in [-0.25, -0.2) is 4.39 Å². The number of nitrogens with one attached hydrogen (secondary N) is 1. The van der Waals surface area contributed by atoms with E-state index in [4.69, 9.17) is 0 Å². The Morgan fingerprint density at radius 2 is 2.09 bits per heavy atom. The van der Waals surface area contributed by atoms with E-state index in [1.807, 2.05) is 0 Å². The molecule has 0 atom stereocenters. The predicted molar refractivity (Wildman–Crippen MR) is 84.9 cm³/mol.